The Labute approximate surface area is 84.3 Å². The third-order valence-corrected chi connectivity index (χ3v) is 1.69. The minimum absolute atomic E-state index is 0.439. The van der Waals surface area contributed by atoms with Gasteiger partial charge >= 0.3 is 0 Å². The molecule has 0 aliphatic carbocycles. The van der Waals surface area contributed by atoms with Crippen LogP contribution in [0.15, 0.2) is 12.1 Å². The van der Waals surface area contributed by atoms with Gasteiger partial charge in [-0.1, -0.05) is 0 Å². The highest BCUT2D eigenvalue weighted by atomic mass is 16.5. The first-order valence-corrected chi connectivity index (χ1v) is 4.49. The molecule has 1 aromatic heterocycles. The van der Waals surface area contributed by atoms with Gasteiger partial charge in [0.1, 0.15) is 0 Å². The Kier molecular flexibility index (Phi) is 3.81. The minimum atomic E-state index is 0.439. The summed E-state index contributed by atoms with van der Waals surface area (Å²) in [5, 5.41) is 0. The van der Waals surface area contributed by atoms with E-state index in [2.05, 4.69) is 16.8 Å². The Bertz CT molecular complexity index is 363. The highest BCUT2D eigenvalue weighted by molar-refractivity contribution is 5.46. The Hall–Kier alpha value is -1.69. The van der Waals surface area contributed by atoms with Crippen LogP contribution in [0, 0.1) is 18.8 Å². The second kappa shape index (κ2) is 5.13. The van der Waals surface area contributed by atoms with Crippen molar-refractivity contribution in [1.29, 1.82) is 0 Å². The molecule has 0 radical (unpaired) electrons. The van der Waals surface area contributed by atoms with E-state index < -0.39 is 0 Å². The molecule has 74 valence electrons. The number of hydrogen-bond acceptors (Lipinski definition) is 3. The van der Waals surface area contributed by atoms with Crippen LogP contribution in [0.1, 0.15) is 19.0 Å². The summed E-state index contributed by atoms with van der Waals surface area (Å²) in [4.78, 5) is 4.09. The van der Waals surface area contributed by atoms with Crippen molar-refractivity contribution in [2.45, 2.75) is 20.3 Å². The first-order valence-electron chi connectivity index (χ1n) is 4.49. The quantitative estimate of drug-likeness (QED) is 0.583. The normalized spacial score (nSPS) is 9.00. The number of nitrogens with zero attached hydrogens (tertiary/aromatic N) is 1. The van der Waals surface area contributed by atoms with E-state index in [-0.39, 0.29) is 0 Å². The molecule has 0 spiro atoms. The van der Waals surface area contributed by atoms with Gasteiger partial charge in [-0.05, 0) is 26.0 Å². The summed E-state index contributed by atoms with van der Waals surface area (Å²) in [7, 11) is 0. The lowest BCUT2D eigenvalue weighted by molar-refractivity contribution is 0.328. The van der Waals surface area contributed by atoms with Gasteiger partial charge < -0.3 is 10.5 Å². The molecular weight excluding hydrogens is 176 g/mol. The van der Waals surface area contributed by atoms with Crippen LogP contribution < -0.4 is 10.5 Å². The molecule has 0 unspecified atom stereocenters. The molecule has 0 aromatic carbocycles. The third-order valence-electron chi connectivity index (χ3n) is 1.69. The number of nitrogen functional groups attached to an aromatic ring is 1. The summed E-state index contributed by atoms with van der Waals surface area (Å²) >= 11 is 0. The van der Waals surface area contributed by atoms with Gasteiger partial charge in [0.25, 0.3) is 0 Å². The van der Waals surface area contributed by atoms with E-state index >= 15 is 0 Å². The van der Waals surface area contributed by atoms with Crippen molar-refractivity contribution < 1.29 is 4.74 Å². The number of nitrogens with two attached hydrogens (primary N) is 1. The van der Waals surface area contributed by atoms with Gasteiger partial charge in [0.05, 0.1) is 6.61 Å². The molecular formula is C11H14N2O. The summed E-state index contributed by atoms with van der Waals surface area (Å²) in [6.45, 7) is 4.25. The smallest absolute Gasteiger partial charge is 0.166 e. The van der Waals surface area contributed by atoms with Crippen molar-refractivity contribution in [2.75, 3.05) is 12.3 Å². The van der Waals surface area contributed by atoms with Crippen LogP contribution >= 0.6 is 0 Å². The van der Waals surface area contributed by atoms with E-state index in [0.29, 0.717) is 24.6 Å². The molecule has 14 heavy (non-hydrogen) atoms. The van der Waals surface area contributed by atoms with Crippen LogP contribution in [0.3, 0.4) is 0 Å². The standard InChI is InChI=1S/C11H14N2O/c1-3-4-5-8-14-10-7-6-9(2)13-11(10)12/h6-7H,5,8H2,1-2H3,(H2,12,13). The Morgan fingerprint density at radius 3 is 2.93 bits per heavy atom. The first kappa shape index (κ1) is 10.4. The van der Waals surface area contributed by atoms with Gasteiger partial charge in [0.15, 0.2) is 11.6 Å². The van der Waals surface area contributed by atoms with Crippen LogP contribution in [-0.2, 0) is 0 Å². The summed E-state index contributed by atoms with van der Waals surface area (Å²) < 4.78 is 5.40. The Balaban J connectivity index is 2.53. The SMILES string of the molecule is CC#CCCOc1ccc(C)nc1N. The highest BCUT2D eigenvalue weighted by Crippen LogP contribution is 2.18. The zero-order chi connectivity index (χ0) is 10.4. The van der Waals surface area contributed by atoms with Crippen LogP contribution in [0.2, 0.25) is 0 Å². The predicted octanol–water partition coefficient (Wildman–Crippen LogP) is 1.76. The van der Waals surface area contributed by atoms with Crippen molar-refractivity contribution in [2.24, 2.45) is 0 Å². The number of aromatic nitrogens is 1. The number of ether oxygens (including phenoxy) is 1. The van der Waals surface area contributed by atoms with E-state index in [4.69, 9.17) is 10.5 Å². The van der Waals surface area contributed by atoms with Crippen molar-refractivity contribution >= 4 is 5.82 Å². The lowest BCUT2D eigenvalue weighted by atomic mass is 10.3. The molecule has 0 saturated carbocycles. The van der Waals surface area contributed by atoms with Crippen LogP contribution in [0.5, 0.6) is 5.75 Å². The van der Waals surface area contributed by atoms with E-state index in [0.717, 1.165) is 5.69 Å². The zero-order valence-electron chi connectivity index (χ0n) is 8.50. The molecule has 1 rings (SSSR count). The van der Waals surface area contributed by atoms with Crippen molar-refractivity contribution in [1.82, 2.24) is 4.98 Å². The lowest BCUT2D eigenvalue weighted by Gasteiger charge is -2.06. The fourth-order valence-electron chi connectivity index (χ4n) is 1.02. The number of pyridine rings is 1. The highest BCUT2D eigenvalue weighted by Gasteiger charge is 2.00. The van der Waals surface area contributed by atoms with Gasteiger partial charge in [-0.3, -0.25) is 0 Å². The number of hydrogen-bond donors (Lipinski definition) is 1. The molecule has 0 amide bonds. The lowest BCUT2D eigenvalue weighted by Crippen LogP contribution is -2.01. The summed E-state index contributed by atoms with van der Waals surface area (Å²) in [5.41, 5.74) is 6.56. The Morgan fingerprint density at radius 2 is 2.29 bits per heavy atom. The number of rotatable bonds is 3. The fourth-order valence-corrected chi connectivity index (χ4v) is 1.02. The molecule has 3 nitrogen and oxygen atoms in total. The van der Waals surface area contributed by atoms with Gasteiger partial charge in [-0.15, -0.1) is 11.8 Å². The van der Waals surface area contributed by atoms with Crippen molar-refractivity contribution in [3.8, 4) is 17.6 Å². The average Bonchev–Trinajstić information content (AvgIpc) is 2.15. The molecule has 0 saturated heterocycles. The average molecular weight is 190 g/mol. The van der Waals surface area contributed by atoms with E-state index in [1.165, 1.54) is 0 Å². The van der Waals surface area contributed by atoms with Crippen LogP contribution in [-0.4, -0.2) is 11.6 Å². The van der Waals surface area contributed by atoms with Gasteiger partial charge in [0.2, 0.25) is 0 Å². The summed E-state index contributed by atoms with van der Waals surface area (Å²) in [5.74, 6) is 6.79. The molecule has 2 N–H and O–H groups in total. The third kappa shape index (κ3) is 2.98. The van der Waals surface area contributed by atoms with Crippen LogP contribution in [0.25, 0.3) is 0 Å². The number of anilines is 1. The van der Waals surface area contributed by atoms with Gasteiger partial charge in [0, 0.05) is 12.1 Å². The van der Waals surface area contributed by atoms with Crippen molar-refractivity contribution in [3.63, 3.8) is 0 Å². The molecule has 1 heterocycles. The molecule has 3 heteroatoms. The van der Waals surface area contributed by atoms with Gasteiger partial charge in [-0.2, -0.15) is 0 Å². The topological polar surface area (TPSA) is 48.1 Å². The molecule has 0 aliphatic heterocycles. The fraction of sp³-hybridized carbons (Fsp3) is 0.364. The molecule has 0 fully saturated rings. The molecule has 0 bridgehead atoms. The second-order valence-corrected chi connectivity index (χ2v) is 2.86. The van der Waals surface area contributed by atoms with E-state index in [1.807, 2.05) is 26.0 Å². The maximum absolute atomic E-state index is 5.66. The van der Waals surface area contributed by atoms with Gasteiger partial charge in [-0.25, -0.2) is 4.98 Å². The Morgan fingerprint density at radius 1 is 1.50 bits per heavy atom. The van der Waals surface area contributed by atoms with E-state index in [9.17, 15) is 0 Å². The summed E-state index contributed by atoms with van der Waals surface area (Å²) in [6, 6.07) is 3.70. The molecule has 0 atom stereocenters. The number of aryl methyl sites for hydroxylation is 1. The maximum Gasteiger partial charge on any atom is 0.166 e. The monoisotopic (exact) mass is 190 g/mol. The van der Waals surface area contributed by atoms with Crippen molar-refractivity contribution in [3.05, 3.63) is 17.8 Å². The minimum Gasteiger partial charge on any atom is -0.489 e. The largest absolute Gasteiger partial charge is 0.489 e. The van der Waals surface area contributed by atoms with E-state index in [1.54, 1.807) is 0 Å². The first-order chi connectivity index (χ1) is 6.74. The predicted molar refractivity (Wildman–Crippen MR) is 56.9 cm³/mol. The second-order valence-electron chi connectivity index (χ2n) is 2.86. The zero-order valence-corrected chi connectivity index (χ0v) is 8.50. The van der Waals surface area contributed by atoms with Crippen LogP contribution in [0.4, 0.5) is 5.82 Å². The molecule has 0 aliphatic rings. The summed E-state index contributed by atoms with van der Waals surface area (Å²) in [6.07, 6.45) is 0.712. The maximum atomic E-state index is 5.66. The molecule has 1 aromatic rings.